The molecule has 0 atom stereocenters. The molecule has 0 aliphatic heterocycles. The molecular formula is C24H34N2O2. The molecule has 2 amide bonds. The van der Waals surface area contributed by atoms with E-state index in [0.29, 0.717) is 17.7 Å². The number of allylic oxidation sites excluding steroid dienone is 5. The van der Waals surface area contributed by atoms with Crippen LogP contribution >= 0.6 is 0 Å². The van der Waals surface area contributed by atoms with Gasteiger partial charge in [-0.15, -0.1) is 0 Å². The van der Waals surface area contributed by atoms with Gasteiger partial charge < -0.3 is 10.6 Å². The average Bonchev–Trinajstić information content (AvgIpc) is 2.67. The van der Waals surface area contributed by atoms with Crippen molar-refractivity contribution in [1.82, 2.24) is 10.6 Å². The zero-order valence-corrected chi connectivity index (χ0v) is 17.9. The van der Waals surface area contributed by atoms with Gasteiger partial charge in [-0.2, -0.15) is 0 Å². The van der Waals surface area contributed by atoms with Crippen molar-refractivity contribution >= 4 is 11.8 Å². The van der Waals surface area contributed by atoms with E-state index in [4.69, 9.17) is 0 Å². The van der Waals surface area contributed by atoms with Crippen molar-refractivity contribution in [1.29, 1.82) is 0 Å². The Kier molecular flexibility index (Phi) is 10.6. The molecule has 0 aliphatic carbocycles. The van der Waals surface area contributed by atoms with Gasteiger partial charge in [-0.05, 0) is 65.5 Å². The van der Waals surface area contributed by atoms with Crippen LogP contribution in [0.1, 0.15) is 74.1 Å². The molecule has 28 heavy (non-hydrogen) atoms. The number of hydrogen-bond donors (Lipinski definition) is 2. The Bertz CT molecular complexity index is 754. The highest BCUT2D eigenvalue weighted by Gasteiger charge is 2.14. The van der Waals surface area contributed by atoms with Gasteiger partial charge in [0.15, 0.2) is 0 Å². The summed E-state index contributed by atoms with van der Waals surface area (Å²) in [7, 11) is 1.56. The second-order valence-corrected chi connectivity index (χ2v) is 7.29. The topological polar surface area (TPSA) is 58.2 Å². The zero-order valence-electron chi connectivity index (χ0n) is 17.9. The summed E-state index contributed by atoms with van der Waals surface area (Å²) in [5.74, 6) is -0.498. The molecule has 0 aromatic heterocycles. The molecule has 0 saturated heterocycles. The quantitative estimate of drug-likeness (QED) is 0.547. The van der Waals surface area contributed by atoms with Crippen molar-refractivity contribution in [3.63, 3.8) is 0 Å². The predicted octanol–water partition coefficient (Wildman–Crippen LogP) is 5.20. The van der Waals surface area contributed by atoms with Crippen LogP contribution in [0.3, 0.4) is 0 Å². The second-order valence-electron chi connectivity index (χ2n) is 7.29. The lowest BCUT2D eigenvalue weighted by molar-refractivity contribution is 0.0926. The van der Waals surface area contributed by atoms with Gasteiger partial charge in [0.05, 0.1) is 11.1 Å². The standard InChI is InChI=1S/C24H34N2O2/c1-18(2)10-8-11-19(3)12-9-13-20(4)16-17-26-24(28)22-15-7-6-14-21(22)23(27)25-5/h6-7,10,12,14-16H,8-9,11,13,17H2,1-5H3,(H,25,27)(H,26,28)/b19-12+,20-16+. The smallest absolute Gasteiger partial charge is 0.252 e. The van der Waals surface area contributed by atoms with E-state index in [1.54, 1.807) is 31.3 Å². The summed E-state index contributed by atoms with van der Waals surface area (Å²) < 4.78 is 0. The van der Waals surface area contributed by atoms with Crippen LogP contribution in [0.4, 0.5) is 0 Å². The van der Waals surface area contributed by atoms with Crippen LogP contribution in [0.25, 0.3) is 0 Å². The molecule has 0 aliphatic rings. The molecule has 0 fully saturated rings. The van der Waals surface area contributed by atoms with Gasteiger partial charge in [0, 0.05) is 13.6 Å². The summed E-state index contributed by atoms with van der Waals surface area (Å²) in [4.78, 5) is 24.3. The molecule has 1 aromatic rings. The van der Waals surface area contributed by atoms with Crippen molar-refractivity contribution in [2.45, 2.75) is 53.4 Å². The minimum Gasteiger partial charge on any atom is -0.355 e. The molecule has 1 rings (SSSR count). The summed E-state index contributed by atoms with van der Waals surface area (Å²) in [6, 6.07) is 6.83. The molecule has 2 N–H and O–H groups in total. The maximum absolute atomic E-state index is 12.4. The highest BCUT2D eigenvalue weighted by atomic mass is 16.2. The van der Waals surface area contributed by atoms with Crippen molar-refractivity contribution in [2.75, 3.05) is 13.6 Å². The van der Waals surface area contributed by atoms with Crippen molar-refractivity contribution in [3.8, 4) is 0 Å². The summed E-state index contributed by atoms with van der Waals surface area (Å²) >= 11 is 0. The van der Waals surface area contributed by atoms with Crippen molar-refractivity contribution in [2.24, 2.45) is 0 Å². The van der Waals surface area contributed by atoms with Crippen LogP contribution < -0.4 is 10.6 Å². The minimum atomic E-state index is -0.260. The number of carbonyl (C=O) groups excluding carboxylic acids is 2. The molecule has 0 bridgehead atoms. The fourth-order valence-corrected chi connectivity index (χ4v) is 2.77. The van der Waals surface area contributed by atoms with E-state index in [0.717, 1.165) is 25.7 Å². The van der Waals surface area contributed by atoms with E-state index in [2.05, 4.69) is 50.5 Å². The van der Waals surface area contributed by atoms with E-state index in [1.165, 1.54) is 16.7 Å². The summed E-state index contributed by atoms with van der Waals surface area (Å²) in [6.45, 7) is 8.97. The third kappa shape index (κ3) is 8.85. The van der Waals surface area contributed by atoms with Crippen LogP contribution in [0.5, 0.6) is 0 Å². The maximum Gasteiger partial charge on any atom is 0.252 e. The Morgan fingerprint density at radius 1 is 0.821 bits per heavy atom. The Morgan fingerprint density at radius 3 is 1.93 bits per heavy atom. The summed E-state index contributed by atoms with van der Waals surface area (Å²) in [6.07, 6.45) is 10.8. The Labute approximate surface area is 169 Å². The summed E-state index contributed by atoms with van der Waals surface area (Å²) in [5.41, 5.74) is 4.81. The first-order valence-corrected chi connectivity index (χ1v) is 9.89. The molecule has 4 nitrogen and oxygen atoms in total. The van der Waals surface area contributed by atoms with Crippen LogP contribution in [0, 0.1) is 0 Å². The van der Waals surface area contributed by atoms with Crippen LogP contribution in [0.2, 0.25) is 0 Å². The third-order valence-corrected chi connectivity index (χ3v) is 4.48. The largest absolute Gasteiger partial charge is 0.355 e. The Balaban J connectivity index is 2.47. The fourth-order valence-electron chi connectivity index (χ4n) is 2.77. The molecule has 1 aromatic carbocycles. The first kappa shape index (κ1) is 23.4. The Hall–Kier alpha value is -2.62. The molecular weight excluding hydrogens is 348 g/mol. The monoisotopic (exact) mass is 382 g/mol. The number of amides is 2. The van der Waals surface area contributed by atoms with Gasteiger partial charge in [-0.25, -0.2) is 0 Å². The van der Waals surface area contributed by atoms with Crippen molar-refractivity contribution < 1.29 is 9.59 Å². The molecule has 0 radical (unpaired) electrons. The van der Waals surface area contributed by atoms with Gasteiger partial charge >= 0.3 is 0 Å². The number of hydrogen-bond acceptors (Lipinski definition) is 2. The fraction of sp³-hybridized carbons (Fsp3) is 0.417. The second kappa shape index (κ2) is 12.7. The molecule has 0 heterocycles. The SMILES string of the molecule is CNC(=O)c1ccccc1C(=O)NC/C=C(\C)CC/C=C(\C)CCC=C(C)C. The lowest BCUT2D eigenvalue weighted by atomic mass is 10.1. The zero-order chi connectivity index (χ0) is 20.9. The van der Waals surface area contributed by atoms with E-state index in [-0.39, 0.29) is 11.8 Å². The molecule has 152 valence electrons. The van der Waals surface area contributed by atoms with Gasteiger partial charge in [-0.3, -0.25) is 9.59 Å². The van der Waals surface area contributed by atoms with Crippen LogP contribution in [-0.4, -0.2) is 25.4 Å². The maximum atomic E-state index is 12.4. The van der Waals surface area contributed by atoms with Gasteiger partial charge in [0.2, 0.25) is 0 Å². The molecule has 4 heteroatoms. The van der Waals surface area contributed by atoms with Crippen LogP contribution in [0.15, 0.2) is 59.2 Å². The first-order chi connectivity index (χ1) is 13.3. The summed E-state index contributed by atoms with van der Waals surface area (Å²) in [5, 5.41) is 5.43. The van der Waals surface area contributed by atoms with E-state index in [9.17, 15) is 9.59 Å². The number of nitrogens with one attached hydrogen (secondary N) is 2. The third-order valence-electron chi connectivity index (χ3n) is 4.48. The Morgan fingerprint density at radius 2 is 1.36 bits per heavy atom. The van der Waals surface area contributed by atoms with E-state index < -0.39 is 0 Å². The van der Waals surface area contributed by atoms with Gasteiger partial charge in [0.25, 0.3) is 11.8 Å². The van der Waals surface area contributed by atoms with Gasteiger partial charge in [0.1, 0.15) is 0 Å². The highest BCUT2D eigenvalue weighted by molar-refractivity contribution is 6.07. The number of rotatable bonds is 10. The van der Waals surface area contributed by atoms with E-state index >= 15 is 0 Å². The molecule has 0 unspecified atom stereocenters. The van der Waals surface area contributed by atoms with Gasteiger partial charge in [-0.1, -0.05) is 47.1 Å². The molecule has 0 spiro atoms. The van der Waals surface area contributed by atoms with Crippen LogP contribution in [-0.2, 0) is 0 Å². The number of benzene rings is 1. The average molecular weight is 383 g/mol. The lowest BCUT2D eigenvalue weighted by Gasteiger charge is -2.08. The number of carbonyl (C=O) groups is 2. The minimum absolute atomic E-state index is 0.238. The molecule has 0 saturated carbocycles. The highest BCUT2D eigenvalue weighted by Crippen LogP contribution is 2.12. The van der Waals surface area contributed by atoms with E-state index in [1.807, 2.05) is 6.08 Å². The van der Waals surface area contributed by atoms with Crippen molar-refractivity contribution in [3.05, 3.63) is 70.3 Å². The lowest BCUT2D eigenvalue weighted by Crippen LogP contribution is -2.28. The predicted molar refractivity (Wildman–Crippen MR) is 118 cm³/mol. The normalized spacial score (nSPS) is 11.8. The first-order valence-electron chi connectivity index (χ1n) is 9.89.